The van der Waals surface area contributed by atoms with Crippen molar-refractivity contribution in [2.45, 2.75) is 19.1 Å². The molecule has 0 fully saturated rings. The molecule has 0 radical (unpaired) electrons. The molecule has 0 saturated heterocycles. The number of rotatable bonds is 2. The van der Waals surface area contributed by atoms with Gasteiger partial charge < -0.3 is 4.65 Å². The summed E-state index contributed by atoms with van der Waals surface area (Å²) in [5, 5.41) is -0.103. The van der Waals surface area contributed by atoms with Crippen LogP contribution in [-0.4, -0.2) is 21.2 Å². The molecule has 0 aliphatic rings. The van der Waals surface area contributed by atoms with Gasteiger partial charge in [-0.05, 0) is 13.8 Å². The first kappa shape index (κ1) is 8.82. The molecule has 0 amide bonds. The van der Waals surface area contributed by atoms with E-state index in [1.165, 1.54) is 0 Å². The van der Waals surface area contributed by atoms with Crippen LogP contribution in [0.3, 0.4) is 0 Å². The van der Waals surface area contributed by atoms with E-state index >= 15 is 0 Å². The second-order valence-electron chi connectivity index (χ2n) is 2.49. The predicted molar refractivity (Wildman–Crippen MR) is 42.6 cm³/mol. The fourth-order valence-electron chi connectivity index (χ4n) is 0.267. The van der Waals surface area contributed by atoms with Gasteiger partial charge in [-0.3, -0.25) is 0 Å². The average molecular weight is 171 g/mol. The monoisotopic (exact) mass is 170 g/mol. The Morgan fingerprint density at radius 1 is 1.50 bits per heavy atom. The highest BCUT2D eigenvalue weighted by atomic mass is 35.5. The third kappa shape index (κ3) is 6.82. The molecular formula is C3H9BCl2OSi. The predicted octanol–water partition coefficient (Wildman–Crippen LogP) is 0.567. The maximum atomic E-state index is 5.33. The van der Waals surface area contributed by atoms with Gasteiger partial charge in [0.05, 0.1) is 0 Å². The zero-order chi connectivity index (χ0) is 6.78. The Bertz CT molecular complexity index is 72.2. The lowest BCUT2D eigenvalue weighted by atomic mass is 10.4. The largest absolute Gasteiger partial charge is 0.508 e. The number of hydrogen-bond acceptors (Lipinski definition) is 1. The van der Waals surface area contributed by atoms with Crippen LogP contribution in [0.5, 0.6) is 0 Å². The van der Waals surface area contributed by atoms with Gasteiger partial charge in [0, 0.05) is 15.5 Å². The molecule has 0 bridgehead atoms. The first-order chi connectivity index (χ1) is 3.42. The van der Waals surface area contributed by atoms with E-state index in [2.05, 4.69) is 0 Å². The molecule has 0 heterocycles. The van der Waals surface area contributed by atoms with Crippen molar-refractivity contribution in [2.75, 3.05) is 0 Å². The van der Waals surface area contributed by atoms with Crippen LogP contribution >= 0.6 is 22.9 Å². The molecule has 0 rings (SSSR count). The Balaban J connectivity index is 3.39. The topological polar surface area (TPSA) is 9.23 Å². The van der Waals surface area contributed by atoms with Crippen LogP contribution in [0, 0.1) is 0 Å². The molecule has 1 nitrogen and oxygen atoms in total. The van der Waals surface area contributed by atoms with Crippen molar-refractivity contribution in [2.24, 2.45) is 0 Å². The summed E-state index contributed by atoms with van der Waals surface area (Å²) in [6.07, 6.45) is 0. The van der Waals surface area contributed by atoms with Crippen molar-refractivity contribution < 1.29 is 4.65 Å². The average Bonchev–Trinajstić information content (AvgIpc) is 1.21. The Hall–Kier alpha value is 0.822. The molecule has 0 N–H and O–H groups in total. The van der Waals surface area contributed by atoms with E-state index in [1.807, 2.05) is 13.8 Å². The maximum Gasteiger partial charge on any atom is 0.508 e. The summed E-state index contributed by atoms with van der Waals surface area (Å²) in [7, 11) is 0.935. The summed E-state index contributed by atoms with van der Waals surface area (Å²) in [6, 6.07) is 0. The van der Waals surface area contributed by atoms with E-state index in [4.69, 9.17) is 27.6 Å². The van der Waals surface area contributed by atoms with Crippen LogP contribution < -0.4 is 0 Å². The maximum absolute atomic E-state index is 5.33. The minimum Gasteiger partial charge on any atom is -0.408 e. The molecule has 0 unspecified atom stereocenters. The minimum atomic E-state index is -0.678. The van der Waals surface area contributed by atoms with Crippen LogP contribution in [-0.2, 0) is 4.65 Å². The second-order valence-corrected chi connectivity index (χ2v) is 5.92. The summed E-state index contributed by atoms with van der Waals surface area (Å²) in [4.78, 5) is 0. The quantitative estimate of drug-likeness (QED) is 0.551. The van der Waals surface area contributed by atoms with Gasteiger partial charge in [-0.2, -0.15) is 0 Å². The molecule has 8 heavy (non-hydrogen) atoms. The van der Waals surface area contributed by atoms with E-state index in [0.29, 0.717) is 0 Å². The highest BCUT2D eigenvalue weighted by Gasteiger charge is 2.17. The zero-order valence-corrected chi connectivity index (χ0v) is 8.75. The van der Waals surface area contributed by atoms with Gasteiger partial charge in [0.15, 0.2) is 0 Å². The van der Waals surface area contributed by atoms with Gasteiger partial charge >= 0.3 is 5.75 Å². The highest BCUT2D eigenvalue weighted by Crippen LogP contribution is 2.09. The Labute approximate surface area is 63.0 Å². The lowest BCUT2D eigenvalue weighted by Crippen LogP contribution is -2.28. The van der Waals surface area contributed by atoms with Crippen LogP contribution in [0.25, 0.3) is 0 Å². The molecule has 0 aromatic carbocycles. The molecular weight excluding hydrogens is 162 g/mol. The van der Waals surface area contributed by atoms with Gasteiger partial charge in [0.25, 0.3) is 0 Å². The van der Waals surface area contributed by atoms with E-state index in [-0.39, 0.29) is 5.22 Å². The SMILES string of the molecule is CC(C)([SiH3])OB(Cl)Cl. The van der Waals surface area contributed by atoms with Crippen molar-refractivity contribution >= 4 is 38.9 Å². The second kappa shape index (κ2) is 3.11. The molecule has 0 aliphatic heterocycles. The van der Waals surface area contributed by atoms with Gasteiger partial charge in [-0.1, -0.05) is 0 Å². The van der Waals surface area contributed by atoms with Crippen molar-refractivity contribution in [3.8, 4) is 0 Å². The van der Waals surface area contributed by atoms with E-state index < -0.39 is 5.75 Å². The molecule has 48 valence electrons. The number of halogens is 2. The molecule has 0 atom stereocenters. The normalized spacial score (nSPS) is 12.0. The summed E-state index contributed by atoms with van der Waals surface area (Å²) < 4.78 is 5.03. The van der Waals surface area contributed by atoms with Gasteiger partial charge in [0.1, 0.15) is 0 Å². The van der Waals surface area contributed by atoms with Crippen LogP contribution in [0.1, 0.15) is 13.8 Å². The number of hydrogen-bond donors (Lipinski definition) is 0. The standard InChI is InChI=1S/C3H9BCl2OSi/c1-3(2,8)7-4(5)6/h1-2,8H3. The summed E-state index contributed by atoms with van der Waals surface area (Å²) >= 11 is 10.7. The van der Waals surface area contributed by atoms with Crippen LogP contribution in [0.2, 0.25) is 0 Å². The molecule has 0 aromatic heterocycles. The smallest absolute Gasteiger partial charge is 0.408 e. The van der Waals surface area contributed by atoms with Gasteiger partial charge in [-0.25, -0.2) is 0 Å². The molecule has 0 saturated carbocycles. The van der Waals surface area contributed by atoms with Crippen molar-refractivity contribution in [1.82, 2.24) is 0 Å². The van der Waals surface area contributed by atoms with Crippen molar-refractivity contribution in [3.05, 3.63) is 0 Å². The molecule has 0 spiro atoms. The lowest BCUT2D eigenvalue weighted by Gasteiger charge is -2.19. The highest BCUT2D eigenvalue weighted by molar-refractivity contribution is 7.30. The van der Waals surface area contributed by atoms with Gasteiger partial charge in [-0.15, -0.1) is 22.9 Å². The van der Waals surface area contributed by atoms with Crippen LogP contribution in [0.4, 0.5) is 0 Å². The first-order valence-corrected chi connectivity index (χ1v) is 4.25. The third-order valence-corrected chi connectivity index (χ3v) is 0.857. The van der Waals surface area contributed by atoms with E-state index in [9.17, 15) is 0 Å². The van der Waals surface area contributed by atoms with Crippen molar-refractivity contribution in [1.29, 1.82) is 0 Å². The summed E-state index contributed by atoms with van der Waals surface area (Å²) in [5.41, 5.74) is 0. The molecule has 5 heteroatoms. The van der Waals surface area contributed by atoms with E-state index in [1.54, 1.807) is 0 Å². The van der Waals surface area contributed by atoms with E-state index in [0.717, 1.165) is 10.2 Å². The fourth-order valence-corrected chi connectivity index (χ4v) is 1.34. The van der Waals surface area contributed by atoms with Crippen molar-refractivity contribution in [3.63, 3.8) is 0 Å². The fraction of sp³-hybridized carbons (Fsp3) is 1.00. The first-order valence-electron chi connectivity index (χ1n) is 2.38. The molecule has 0 aliphatic carbocycles. The van der Waals surface area contributed by atoms with Gasteiger partial charge in [0.2, 0.25) is 0 Å². The zero-order valence-electron chi connectivity index (χ0n) is 5.24. The Morgan fingerprint density at radius 2 is 1.88 bits per heavy atom. The third-order valence-electron chi connectivity index (χ3n) is 0.443. The minimum absolute atomic E-state index is 0.103. The molecule has 0 aromatic rings. The summed E-state index contributed by atoms with van der Waals surface area (Å²) in [5.74, 6) is -0.678. The summed E-state index contributed by atoms with van der Waals surface area (Å²) in [6.45, 7) is 3.91. The van der Waals surface area contributed by atoms with Crippen LogP contribution in [0.15, 0.2) is 0 Å². The Kier molecular flexibility index (Phi) is 3.43. The lowest BCUT2D eigenvalue weighted by molar-refractivity contribution is 0.212. The Morgan fingerprint density at radius 3 is 1.88 bits per heavy atom.